The van der Waals surface area contributed by atoms with Crippen molar-refractivity contribution < 1.29 is 0 Å². The van der Waals surface area contributed by atoms with Crippen LogP contribution >= 0.6 is 0 Å². The Kier molecular flexibility index (Phi) is 3.77. The van der Waals surface area contributed by atoms with E-state index in [0.29, 0.717) is 0 Å². The van der Waals surface area contributed by atoms with Gasteiger partial charge in [0.15, 0.2) is 0 Å². The molecule has 1 unspecified atom stereocenters. The first-order valence-corrected chi connectivity index (χ1v) is 6.30. The molecule has 0 fully saturated rings. The Morgan fingerprint density at radius 2 is 1.94 bits per heavy atom. The molecule has 1 aromatic heterocycles. The summed E-state index contributed by atoms with van der Waals surface area (Å²) in [7, 11) is 1.98. The summed E-state index contributed by atoms with van der Waals surface area (Å²) in [4.78, 5) is 0. The van der Waals surface area contributed by atoms with E-state index in [4.69, 9.17) is 0 Å². The maximum Gasteiger partial charge on any atom is 0.0801 e. The van der Waals surface area contributed by atoms with Crippen molar-refractivity contribution in [3.8, 4) is 0 Å². The number of benzene rings is 1. The predicted molar refractivity (Wildman–Crippen MR) is 72.5 cm³/mol. The smallest absolute Gasteiger partial charge is 0.0801 e. The number of nitrogens with one attached hydrogen (secondary N) is 1. The van der Waals surface area contributed by atoms with Crippen LogP contribution in [0.4, 0.5) is 0 Å². The first-order valence-electron chi connectivity index (χ1n) is 6.30. The highest BCUT2D eigenvalue weighted by Crippen LogP contribution is 2.26. The van der Waals surface area contributed by atoms with Gasteiger partial charge in [-0.3, -0.25) is 0 Å². The van der Waals surface area contributed by atoms with E-state index in [1.54, 1.807) is 0 Å². The molecule has 0 aliphatic rings. The maximum absolute atomic E-state index is 4.12. The second-order valence-electron chi connectivity index (χ2n) is 4.50. The van der Waals surface area contributed by atoms with Gasteiger partial charge in [-0.15, -0.1) is 5.10 Å². The van der Waals surface area contributed by atoms with Gasteiger partial charge in [0.05, 0.1) is 17.9 Å². The molecule has 1 aromatic carbocycles. The van der Waals surface area contributed by atoms with Gasteiger partial charge in [0, 0.05) is 6.54 Å². The van der Waals surface area contributed by atoms with E-state index in [1.807, 2.05) is 17.9 Å². The van der Waals surface area contributed by atoms with Crippen molar-refractivity contribution in [2.45, 2.75) is 33.4 Å². The SMILES string of the molecule is CCn1nncc1C(NC)c1c(C)cccc1C. The molecule has 0 radical (unpaired) electrons. The largest absolute Gasteiger partial charge is 0.308 e. The Morgan fingerprint density at radius 3 is 2.50 bits per heavy atom. The minimum Gasteiger partial charge on any atom is -0.308 e. The Morgan fingerprint density at radius 1 is 1.28 bits per heavy atom. The lowest BCUT2D eigenvalue weighted by Gasteiger charge is -2.21. The molecule has 1 atom stereocenters. The fourth-order valence-electron chi connectivity index (χ4n) is 2.46. The van der Waals surface area contributed by atoms with Gasteiger partial charge in [-0.2, -0.15) is 0 Å². The molecule has 2 rings (SSSR count). The number of aromatic nitrogens is 3. The predicted octanol–water partition coefficient (Wildman–Crippen LogP) is 2.22. The van der Waals surface area contributed by atoms with Gasteiger partial charge in [-0.25, -0.2) is 4.68 Å². The van der Waals surface area contributed by atoms with Crippen molar-refractivity contribution in [1.29, 1.82) is 0 Å². The molecule has 18 heavy (non-hydrogen) atoms. The number of aryl methyl sites for hydroxylation is 3. The molecule has 1 N–H and O–H groups in total. The summed E-state index contributed by atoms with van der Waals surface area (Å²) in [6, 6.07) is 6.52. The van der Waals surface area contributed by atoms with Gasteiger partial charge < -0.3 is 5.32 Å². The highest BCUT2D eigenvalue weighted by atomic mass is 15.4. The molecule has 0 amide bonds. The first-order chi connectivity index (χ1) is 8.69. The number of nitrogens with zero attached hydrogens (tertiary/aromatic N) is 3. The van der Waals surface area contributed by atoms with Crippen LogP contribution in [-0.2, 0) is 6.54 Å². The molecule has 96 valence electrons. The molecular weight excluding hydrogens is 224 g/mol. The zero-order valence-electron chi connectivity index (χ0n) is 11.4. The highest BCUT2D eigenvalue weighted by molar-refractivity contribution is 5.39. The lowest BCUT2D eigenvalue weighted by molar-refractivity contribution is 0.550. The minimum absolute atomic E-state index is 0.140. The van der Waals surface area contributed by atoms with Gasteiger partial charge in [0.25, 0.3) is 0 Å². The van der Waals surface area contributed by atoms with Gasteiger partial charge >= 0.3 is 0 Å². The zero-order chi connectivity index (χ0) is 13.1. The Labute approximate surface area is 108 Å². The molecule has 0 bridgehead atoms. The van der Waals surface area contributed by atoms with Gasteiger partial charge in [0.1, 0.15) is 0 Å². The monoisotopic (exact) mass is 244 g/mol. The van der Waals surface area contributed by atoms with Crippen LogP contribution in [0.3, 0.4) is 0 Å². The summed E-state index contributed by atoms with van der Waals surface area (Å²) >= 11 is 0. The van der Waals surface area contributed by atoms with Crippen molar-refractivity contribution in [3.05, 3.63) is 46.8 Å². The van der Waals surface area contributed by atoms with Gasteiger partial charge in [0.2, 0.25) is 0 Å². The Bertz CT molecular complexity index is 510. The Hall–Kier alpha value is -1.68. The molecule has 0 spiro atoms. The summed E-state index contributed by atoms with van der Waals surface area (Å²) in [5.41, 5.74) is 5.01. The summed E-state index contributed by atoms with van der Waals surface area (Å²) in [6.45, 7) is 7.20. The van der Waals surface area contributed by atoms with Crippen molar-refractivity contribution >= 4 is 0 Å². The topological polar surface area (TPSA) is 42.7 Å². The molecule has 1 heterocycles. The third kappa shape index (κ3) is 2.16. The molecule has 4 nitrogen and oxygen atoms in total. The molecule has 0 saturated carbocycles. The third-order valence-corrected chi connectivity index (χ3v) is 3.36. The lowest BCUT2D eigenvalue weighted by Crippen LogP contribution is -2.23. The molecular formula is C14H20N4. The second-order valence-corrected chi connectivity index (χ2v) is 4.50. The highest BCUT2D eigenvalue weighted by Gasteiger charge is 2.20. The Balaban J connectivity index is 2.52. The van der Waals surface area contributed by atoms with Crippen LogP contribution in [0.25, 0.3) is 0 Å². The molecule has 0 saturated heterocycles. The minimum atomic E-state index is 0.140. The molecule has 2 aromatic rings. The van der Waals surface area contributed by atoms with Crippen LogP contribution in [0.5, 0.6) is 0 Å². The fourth-order valence-corrected chi connectivity index (χ4v) is 2.46. The fraction of sp³-hybridized carbons (Fsp3) is 0.429. The van der Waals surface area contributed by atoms with Crippen molar-refractivity contribution in [1.82, 2.24) is 20.3 Å². The summed E-state index contributed by atoms with van der Waals surface area (Å²) in [5, 5.41) is 11.5. The summed E-state index contributed by atoms with van der Waals surface area (Å²) < 4.78 is 1.94. The second kappa shape index (κ2) is 5.31. The lowest BCUT2D eigenvalue weighted by atomic mass is 9.94. The van der Waals surface area contributed by atoms with Crippen LogP contribution in [-0.4, -0.2) is 22.0 Å². The average molecular weight is 244 g/mol. The van der Waals surface area contributed by atoms with Gasteiger partial charge in [-0.1, -0.05) is 23.4 Å². The third-order valence-electron chi connectivity index (χ3n) is 3.36. The van der Waals surface area contributed by atoms with E-state index < -0.39 is 0 Å². The van der Waals surface area contributed by atoms with Crippen LogP contribution < -0.4 is 5.32 Å². The van der Waals surface area contributed by atoms with Crippen LogP contribution in [0.15, 0.2) is 24.4 Å². The standard InChI is InChI=1S/C14H20N4/c1-5-18-12(9-16-17-18)14(15-4)13-10(2)7-6-8-11(13)3/h6-9,14-15H,5H2,1-4H3. The average Bonchev–Trinajstić information content (AvgIpc) is 2.82. The number of rotatable bonds is 4. The van der Waals surface area contributed by atoms with Crippen molar-refractivity contribution in [2.24, 2.45) is 0 Å². The summed E-state index contributed by atoms with van der Waals surface area (Å²) in [5.74, 6) is 0. The first kappa shape index (κ1) is 12.8. The van der Waals surface area contributed by atoms with Crippen LogP contribution in [0.1, 0.15) is 35.3 Å². The number of hydrogen-bond donors (Lipinski definition) is 1. The van der Waals surface area contributed by atoms with Crippen molar-refractivity contribution in [2.75, 3.05) is 7.05 Å². The van der Waals surface area contributed by atoms with Crippen molar-refractivity contribution in [3.63, 3.8) is 0 Å². The molecule has 0 aliphatic heterocycles. The normalized spacial score (nSPS) is 12.7. The van der Waals surface area contributed by atoms with Gasteiger partial charge in [-0.05, 0) is 44.5 Å². The zero-order valence-corrected chi connectivity index (χ0v) is 11.4. The van der Waals surface area contributed by atoms with E-state index in [0.717, 1.165) is 12.2 Å². The van der Waals surface area contributed by atoms with E-state index >= 15 is 0 Å². The van der Waals surface area contributed by atoms with E-state index in [-0.39, 0.29) is 6.04 Å². The quantitative estimate of drug-likeness (QED) is 0.896. The molecule has 0 aliphatic carbocycles. The van der Waals surface area contributed by atoms with Crippen LogP contribution in [0, 0.1) is 13.8 Å². The number of hydrogen-bond acceptors (Lipinski definition) is 3. The van der Waals surface area contributed by atoms with E-state index in [9.17, 15) is 0 Å². The van der Waals surface area contributed by atoms with E-state index in [1.165, 1.54) is 16.7 Å². The maximum atomic E-state index is 4.12. The van der Waals surface area contributed by atoms with Crippen LogP contribution in [0.2, 0.25) is 0 Å². The van der Waals surface area contributed by atoms with E-state index in [2.05, 4.69) is 54.6 Å². The summed E-state index contributed by atoms with van der Waals surface area (Å²) in [6.07, 6.45) is 1.84. The molecule has 4 heteroatoms.